The van der Waals surface area contributed by atoms with Gasteiger partial charge in [-0.2, -0.15) is 0 Å². The molecule has 0 bridgehead atoms. The van der Waals surface area contributed by atoms with Gasteiger partial charge in [0.25, 0.3) is 0 Å². The lowest BCUT2D eigenvalue weighted by Crippen LogP contribution is -2.48. The summed E-state index contributed by atoms with van der Waals surface area (Å²) >= 11 is 0. The molecule has 0 amide bonds. The highest BCUT2D eigenvalue weighted by Crippen LogP contribution is 2.24. The monoisotopic (exact) mass is 275 g/mol. The minimum atomic E-state index is 0.655. The van der Waals surface area contributed by atoms with Crippen LogP contribution in [-0.4, -0.2) is 44.2 Å². The van der Waals surface area contributed by atoms with Crippen molar-refractivity contribution in [1.82, 2.24) is 4.90 Å². The Kier molecular flexibility index (Phi) is 5.44. The van der Waals surface area contributed by atoms with Gasteiger partial charge in [0, 0.05) is 38.4 Å². The molecule has 20 heavy (non-hydrogen) atoms. The molecule has 0 aromatic heterocycles. The summed E-state index contributed by atoms with van der Waals surface area (Å²) in [6.07, 6.45) is 1.19. The van der Waals surface area contributed by atoms with Crippen LogP contribution in [0.5, 0.6) is 0 Å². The lowest BCUT2D eigenvalue weighted by atomic mass is 10.0. The number of aryl methyl sites for hydroxylation is 1. The minimum Gasteiger partial charge on any atom is -0.369 e. The van der Waals surface area contributed by atoms with Crippen molar-refractivity contribution < 1.29 is 0 Å². The number of piperazine rings is 1. The Morgan fingerprint density at radius 1 is 1.15 bits per heavy atom. The molecule has 2 N–H and O–H groups in total. The van der Waals surface area contributed by atoms with E-state index in [4.69, 9.17) is 5.73 Å². The average Bonchev–Trinajstić information content (AvgIpc) is 2.48. The maximum atomic E-state index is 5.82. The molecule has 1 saturated heterocycles. The molecule has 3 heteroatoms. The van der Waals surface area contributed by atoms with E-state index in [1.165, 1.54) is 23.2 Å². The first kappa shape index (κ1) is 15.3. The third-order valence-corrected chi connectivity index (χ3v) is 4.72. The highest BCUT2D eigenvalue weighted by molar-refractivity contribution is 5.56. The number of benzene rings is 1. The quantitative estimate of drug-likeness (QED) is 0.895. The van der Waals surface area contributed by atoms with E-state index in [1.54, 1.807) is 0 Å². The normalized spacial score (nSPS) is 18.3. The third-order valence-electron chi connectivity index (χ3n) is 4.72. The van der Waals surface area contributed by atoms with Crippen molar-refractivity contribution >= 4 is 5.69 Å². The summed E-state index contributed by atoms with van der Waals surface area (Å²) in [6.45, 7) is 13.2. The summed E-state index contributed by atoms with van der Waals surface area (Å²) in [5.74, 6) is 0.655. The fourth-order valence-electron chi connectivity index (χ4n) is 2.98. The number of anilines is 1. The van der Waals surface area contributed by atoms with Crippen LogP contribution in [0.2, 0.25) is 0 Å². The van der Waals surface area contributed by atoms with Gasteiger partial charge in [0.2, 0.25) is 0 Å². The molecule has 2 rings (SSSR count). The summed E-state index contributed by atoms with van der Waals surface area (Å²) in [5.41, 5.74) is 10.0. The molecular weight excluding hydrogens is 246 g/mol. The molecule has 0 saturated carbocycles. The molecule has 0 aliphatic carbocycles. The molecule has 1 unspecified atom stereocenters. The molecule has 1 aliphatic heterocycles. The second-order valence-electron chi connectivity index (χ2n) is 6.02. The highest BCUT2D eigenvalue weighted by Gasteiger charge is 2.20. The van der Waals surface area contributed by atoms with Gasteiger partial charge in [0.15, 0.2) is 0 Å². The van der Waals surface area contributed by atoms with Crippen molar-refractivity contribution in [2.45, 2.75) is 27.2 Å². The molecule has 0 spiro atoms. The Bertz CT molecular complexity index is 418. The lowest BCUT2D eigenvalue weighted by Gasteiger charge is -2.38. The molecule has 1 heterocycles. The zero-order valence-electron chi connectivity index (χ0n) is 13.2. The van der Waals surface area contributed by atoms with E-state index in [0.29, 0.717) is 5.92 Å². The Balaban J connectivity index is 1.92. The van der Waals surface area contributed by atoms with E-state index >= 15 is 0 Å². The van der Waals surface area contributed by atoms with Crippen LogP contribution in [0.3, 0.4) is 0 Å². The second-order valence-corrected chi connectivity index (χ2v) is 6.02. The number of nitrogens with two attached hydrogens (primary N) is 1. The third kappa shape index (κ3) is 3.53. The van der Waals surface area contributed by atoms with Crippen LogP contribution in [0, 0.1) is 19.8 Å². The topological polar surface area (TPSA) is 32.5 Å². The first-order valence-corrected chi connectivity index (χ1v) is 7.89. The van der Waals surface area contributed by atoms with Crippen LogP contribution < -0.4 is 10.6 Å². The van der Waals surface area contributed by atoms with Gasteiger partial charge in [0.1, 0.15) is 0 Å². The van der Waals surface area contributed by atoms with Crippen molar-refractivity contribution in [1.29, 1.82) is 0 Å². The zero-order chi connectivity index (χ0) is 14.5. The van der Waals surface area contributed by atoms with Gasteiger partial charge in [0.05, 0.1) is 0 Å². The molecule has 1 aromatic carbocycles. The maximum absolute atomic E-state index is 5.82. The molecule has 112 valence electrons. The standard InChI is InChI=1S/C17H29N3/c1-4-16(12-18)13-19-8-10-20(11-9-19)17-7-5-6-14(2)15(17)3/h5-7,16H,4,8-13,18H2,1-3H3. The number of rotatable bonds is 5. The van der Waals surface area contributed by atoms with Gasteiger partial charge in [-0.25, -0.2) is 0 Å². The second kappa shape index (κ2) is 7.09. The Hall–Kier alpha value is -1.06. The van der Waals surface area contributed by atoms with Crippen molar-refractivity contribution in [2.24, 2.45) is 11.7 Å². The van der Waals surface area contributed by atoms with Gasteiger partial charge < -0.3 is 10.6 Å². The van der Waals surface area contributed by atoms with Gasteiger partial charge in [-0.3, -0.25) is 4.90 Å². The van der Waals surface area contributed by atoms with Crippen LogP contribution in [0.1, 0.15) is 24.5 Å². The van der Waals surface area contributed by atoms with E-state index in [1.807, 2.05) is 0 Å². The zero-order valence-corrected chi connectivity index (χ0v) is 13.2. The predicted octanol–water partition coefficient (Wildman–Crippen LogP) is 2.41. The summed E-state index contributed by atoms with van der Waals surface area (Å²) in [7, 11) is 0. The fourth-order valence-corrected chi connectivity index (χ4v) is 2.98. The maximum Gasteiger partial charge on any atom is 0.0399 e. The van der Waals surface area contributed by atoms with Crippen LogP contribution in [0.25, 0.3) is 0 Å². The predicted molar refractivity (Wildman–Crippen MR) is 87.4 cm³/mol. The molecule has 1 aliphatic rings. The van der Waals surface area contributed by atoms with E-state index in [2.05, 4.69) is 48.8 Å². The fraction of sp³-hybridized carbons (Fsp3) is 0.647. The SMILES string of the molecule is CCC(CN)CN1CCN(c2cccc(C)c2C)CC1. The van der Waals surface area contributed by atoms with Crippen LogP contribution in [0.15, 0.2) is 18.2 Å². The largest absolute Gasteiger partial charge is 0.369 e. The Morgan fingerprint density at radius 3 is 2.45 bits per heavy atom. The van der Waals surface area contributed by atoms with Crippen LogP contribution in [-0.2, 0) is 0 Å². The average molecular weight is 275 g/mol. The number of hydrogen-bond acceptors (Lipinski definition) is 3. The van der Waals surface area contributed by atoms with E-state index in [0.717, 1.165) is 39.3 Å². The van der Waals surface area contributed by atoms with E-state index in [-0.39, 0.29) is 0 Å². The van der Waals surface area contributed by atoms with Crippen molar-refractivity contribution in [3.05, 3.63) is 29.3 Å². The molecular formula is C17H29N3. The van der Waals surface area contributed by atoms with Crippen LogP contribution >= 0.6 is 0 Å². The van der Waals surface area contributed by atoms with Crippen LogP contribution in [0.4, 0.5) is 5.69 Å². The first-order chi connectivity index (χ1) is 9.65. The smallest absolute Gasteiger partial charge is 0.0399 e. The van der Waals surface area contributed by atoms with Gasteiger partial charge in [-0.05, 0) is 43.5 Å². The van der Waals surface area contributed by atoms with Crippen molar-refractivity contribution in [3.63, 3.8) is 0 Å². The van der Waals surface area contributed by atoms with Gasteiger partial charge >= 0.3 is 0 Å². The van der Waals surface area contributed by atoms with Crippen molar-refractivity contribution in [3.8, 4) is 0 Å². The summed E-state index contributed by atoms with van der Waals surface area (Å²) in [5, 5.41) is 0. The molecule has 1 atom stereocenters. The first-order valence-electron chi connectivity index (χ1n) is 7.89. The Labute approximate surface area is 123 Å². The number of nitrogens with zero attached hydrogens (tertiary/aromatic N) is 2. The highest BCUT2D eigenvalue weighted by atomic mass is 15.3. The van der Waals surface area contributed by atoms with Gasteiger partial charge in [-0.15, -0.1) is 0 Å². The summed E-state index contributed by atoms with van der Waals surface area (Å²) in [6, 6.07) is 6.63. The van der Waals surface area contributed by atoms with E-state index in [9.17, 15) is 0 Å². The lowest BCUT2D eigenvalue weighted by molar-refractivity contribution is 0.218. The summed E-state index contributed by atoms with van der Waals surface area (Å²) < 4.78 is 0. The minimum absolute atomic E-state index is 0.655. The Morgan fingerprint density at radius 2 is 1.85 bits per heavy atom. The molecule has 3 nitrogen and oxygen atoms in total. The van der Waals surface area contributed by atoms with E-state index < -0.39 is 0 Å². The van der Waals surface area contributed by atoms with Crippen molar-refractivity contribution in [2.75, 3.05) is 44.2 Å². The molecule has 1 aromatic rings. The van der Waals surface area contributed by atoms with Gasteiger partial charge in [-0.1, -0.05) is 25.5 Å². The number of hydrogen-bond donors (Lipinski definition) is 1. The molecule has 1 fully saturated rings. The molecule has 0 radical (unpaired) electrons. The summed E-state index contributed by atoms with van der Waals surface area (Å²) in [4.78, 5) is 5.10.